The van der Waals surface area contributed by atoms with Gasteiger partial charge in [0.15, 0.2) is 0 Å². The molecule has 0 radical (unpaired) electrons. The van der Waals surface area contributed by atoms with Crippen molar-refractivity contribution in [3.05, 3.63) is 0 Å². The second-order valence-electron chi connectivity index (χ2n) is 5.19. The van der Waals surface area contributed by atoms with E-state index in [9.17, 15) is 18.0 Å². The number of alkyl halides is 4. The molecule has 3 fully saturated rings. The quantitative estimate of drug-likeness (QED) is 0.592. The maximum absolute atomic E-state index is 12.7. The number of rotatable bonds is 3. The van der Waals surface area contributed by atoms with Gasteiger partial charge in [0.1, 0.15) is 11.4 Å². The molecule has 102 valence electrons. The SMILES string of the molecule is O=C1O[C@@H]2[C@H]3C[C@@H](C[C@H]13)[C@@H]2S[C@H](CCl)C(F)(F)F. The highest BCUT2D eigenvalue weighted by Crippen LogP contribution is 2.59. The van der Waals surface area contributed by atoms with Gasteiger partial charge in [0, 0.05) is 17.0 Å². The molecule has 0 amide bonds. The molecule has 0 aromatic carbocycles. The van der Waals surface area contributed by atoms with Crippen molar-refractivity contribution < 1.29 is 22.7 Å². The van der Waals surface area contributed by atoms with Crippen LogP contribution < -0.4 is 0 Å². The molecule has 2 saturated carbocycles. The molecule has 0 unspecified atom stereocenters. The molecule has 18 heavy (non-hydrogen) atoms. The van der Waals surface area contributed by atoms with Crippen molar-refractivity contribution in [2.45, 2.75) is 35.6 Å². The zero-order valence-corrected chi connectivity index (χ0v) is 10.9. The van der Waals surface area contributed by atoms with Crippen LogP contribution in [0.1, 0.15) is 12.8 Å². The number of ether oxygens (including phenoxy) is 1. The van der Waals surface area contributed by atoms with E-state index in [-0.39, 0.29) is 35.1 Å². The Hall–Kier alpha value is -0.100. The Morgan fingerprint density at radius 1 is 1.44 bits per heavy atom. The van der Waals surface area contributed by atoms with E-state index < -0.39 is 17.3 Å². The standard InChI is InChI=1S/C11H12ClF3O2S/c12-3-7(11(13,14)15)18-9-4-1-5-6(2-4)10(16)17-8(5)9/h4-9H,1-3H2/t4-,5-,6-,7+,8+,9-/m0/s1. The van der Waals surface area contributed by atoms with Crippen LogP contribution in [0, 0.1) is 17.8 Å². The number of hydrogen-bond donors (Lipinski definition) is 0. The molecule has 2 nitrogen and oxygen atoms in total. The third-order valence-corrected chi connectivity index (χ3v) is 6.46. The fraction of sp³-hybridized carbons (Fsp3) is 0.909. The van der Waals surface area contributed by atoms with Crippen molar-refractivity contribution in [1.82, 2.24) is 0 Å². The van der Waals surface area contributed by atoms with Gasteiger partial charge in [-0.3, -0.25) is 4.79 Å². The van der Waals surface area contributed by atoms with Crippen molar-refractivity contribution in [2.75, 3.05) is 5.88 Å². The number of fused-ring (bicyclic) bond motifs is 1. The summed E-state index contributed by atoms with van der Waals surface area (Å²) in [5, 5.41) is -1.80. The smallest absolute Gasteiger partial charge is 0.401 e. The fourth-order valence-corrected chi connectivity index (χ4v) is 5.34. The van der Waals surface area contributed by atoms with E-state index in [1.807, 2.05) is 0 Å². The highest BCUT2D eigenvalue weighted by atomic mass is 35.5. The van der Waals surface area contributed by atoms with E-state index in [1.54, 1.807) is 0 Å². The van der Waals surface area contributed by atoms with Gasteiger partial charge < -0.3 is 4.74 Å². The Bertz CT molecular complexity index is 376. The van der Waals surface area contributed by atoms with Gasteiger partial charge in [-0.25, -0.2) is 0 Å². The molecule has 0 N–H and O–H groups in total. The van der Waals surface area contributed by atoms with Crippen molar-refractivity contribution in [3.8, 4) is 0 Å². The Labute approximate surface area is 112 Å². The molecule has 1 saturated heterocycles. The molecule has 0 spiro atoms. The summed E-state index contributed by atoms with van der Waals surface area (Å²) < 4.78 is 43.4. The molecule has 0 aromatic heterocycles. The highest BCUT2D eigenvalue weighted by Gasteiger charge is 2.62. The second-order valence-corrected chi connectivity index (χ2v) is 6.88. The van der Waals surface area contributed by atoms with Gasteiger partial charge in [-0.1, -0.05) is 0 Å². The first-order chi connectivity index (χ1) is 8.41. The summed E-state index contributed by atoms with van der Waals surface area (Å²) >= 11 is 6.26. The number of halogens is 4. The maximum Gasteiger partial charge on any atom is 0.401 e. The zero-order valence-electron chi connectivity index (χ0n) is 9.32. The molecule has 7 heteroatoms. The number of carbonyl (C=O) groups excluding carboxylic acids is 1. The predicted molar refractivity (Wildman–Crippen MR) is 61.5 cm³/mol. The van der Waals surface area contributed by atoms with Crippen LogP contribution in [-0.4, -0.2) is 34.6 Å². The molecule has 1 aliphatic heterocycles. The van der Waals surface area contributed by atoms with Crippen LogP contribution in [0.2, 0.25) is 0 Å². The van der Waals surface area contributed by atoms with Gasteiger partial charge in [0.05, 0.1) is 5.92 Å². The van der Waals surface area contributed by atoms with Gasteiger partial charge in [0.25, 0.3) is 0 Å². The molecule has 2 bridgehead atoms. The molecular formula is C11H12ClF3O2S. The Morgan fingerprint density at radius 3 is 2.78 bits per heavy atom. The van der Waals surface area contributed by atoms with Crippen LogP contribution in [-0.2, 0) is 9.53 Å². The van der Waals surface area contributed by atoms with Crippen molar-refractivity contribution in [2.24, 2.45) is 17.8 Å². The minimum Gasteiger partial charge on any atom is -0.461 e. The number of esters is 1. The maximum atomic E-state index is 12.7. The molecule has 3 rings (SSSR count). The first-order valence-electron chi connectivity index (χ1n) is 5.90. The van der Waals surface area contributed by atoms with Crippen LogP contribution >= 0.6 is 23.4 Å². The van der Waals surface area contributed by atoms with E-state index in [4.69, 9.17) is 16.3 Å². The minimum atomic E-state index is -4.30. The topological polar surface area (TPSA) is 26.3 Å². The van der Waals surface area contributed by atoms with E-state index in [1.165, 1.54) is 0 Å². The molecule has 3 aliphatic rings. The lowest BCUT2D eigenvalue weighted by Crippen LogP contribution is -2.36. The van der Waals surface area contributed by atoms with Crippen LogP contribution in [0.4, 0.5) is 13.2 Å². The number of carbonyl (C=O) groups is 1. The molecule has 0 aromatic rings. The summed E-state index contributed by atoms with van der Waals surface area (Å²) in [7, 11) is 0. The third kappa shape index (κ3) is 1.83. The second kappa shape index (κ2) is 4.20. The first kappa shape index (κ1) is 12.9. The lowest BCUT2D eigenvalue weighted by molar-refractivity contribution is -0.143. The number of thioether (sulfide) groups is 1. The molecular weight excluding hydrogens is 289 g/mol. The van der Waals surface area contributed by atoms with Gasteiger partial charge >= 0.3 is 12.1 Å². The molecule has 2 aliphatic carbocycles. The Morgan fingerprint density at radius 2 is 2.17 bits per heavy atom. The first-order valence-corrected chi connectivity index (χ1v) is 7.38. The van der Waals surface area contributed by atoms with Crippen LogP contribution in [0.15, 0.2) is 0 Å². The van der Waals surface area contributed by atoms with Gasteiger partial charge in [-0.05, 0) is 18.8 Å². The summed E-state index contributed by atoms with van der Waals surface area (Å²) in [5.74, 6) is -0.410. The summed E-state index contributed by atoms with van der Waals surface area (Å²) in [4.78, 5) is 11.5. The summed E-state index contributed by atoms with van der Waals surface area (Å²) in [6.07, 6.45) is -3.11. The molecule has 1 heterocycles. The zero-order chi connectivity index (χ0) is 13.1. The average Bonchev–Trinajstić information content (AvgIpc) is 2.86. The van der Waals surface area contributed by atoms with Crippen LogP contribution in [0.3, 0.4) is 0 Å². The summed E-state index contributed by atoms with van der Waals surface area (Å²) in [5.41, 5.74) is 0. The van der Waals surface area contributed by atoms with E-state index in [0.29, 0.717) is 6.42 Å². The average molecular weight is 301 g/mol. The van der Waals surface area contributed by atoms with Crippen molar-refractivity contribution in [1.29, 1.82) is 0 Å². The highest BCUT2D eigenvalue weighted by molar-refractivity contribution is 8.00. The Kier molecular flexibility index (Phi) is 3.01. The Balaban J connectivity index is 1.73. The molecule has 6 atom stereocenters. The number of hydrogen-bond acceptors (Lipinski definition) is 3. The third-order valence-electron chi connectivity index (χ3n) is 4.24. The van der Waals surface area contributed by atoms with Crippen LogP contribution in [0.25, 0.3) is 0 Å². The predicted octanol–water partition coefficient (Wildman–Crippen LogP) is 2.84. The monoisotopic (exact) mass is 300 g/mol. The van der Waals surface area contributed by atoms with Crippen LogP contribution in [0.5, 0.6) is 0 Å². The lowest BCUT2D eigenvalue weighted by Gasteiger charge is -2.28. The normalized spacial score (nSPS) is 43.3. The van der Waals surface area contributed by atoms with Crippen molar-refractivity contribution >= 4 is 29.3 Å². The van der Waals surface area contributed by atoms with E-state index in [0.717, 1.165) is 18.2 Å². The van der Waals surface area contributed by atoms with E-state index in [2.05, 4.69) is 0 Å². The van der Waals surface area contributed by atoms with Gasteiger partial charge in [-0.2, -0.15) is 13.2 Å². The van der Waals surface area contributed by atoms with Gasteiger partial charge in [-0.15, -0.1) is 23.4 Å². The fourth-order valence-electron chi connectivity index (χ4n) is 3.48. The minimum absolute atomic E-state index is 0.0582. The van der Waals surface area contributed by atoms with Crippen molar-refractivity contribution in [3.63, 3.8) is 0 Å². The lowest BCUT2D eigenvalue weighted by atomic mass is 9.89. The summed E-state index contributed by atoms with van der Waals surface area (Å²) in [6, 6.07) is 0. The van der Waals surface area contributed by atoms with Gasteiger partial charge in [0.2, 0.25) is 0 Å². The van der Waals surface area contributed by atoms with E-state index >= 15 is 0 Å². The summed E-state index contributed by atoms with van der Waals surface area (Å²) in [6.45, 7) is 0. The largest absolute Gasteiger partial charge is 0.461 e.